The van der Waals surface area contributed by atoms with Crippen LogP contribution in [0.3, 0.4) is 0 Å². The maximum Gasteiger partial charge on any atom is 0.203 e. The molecule has 1 aliphatic rings. The van der Waals surface area contributed by atoms with Crippen molar-refractivity contribution in [3.63, 3.8) is 0 Å². The van der Waals surface area contributed by atoms with Gasteiger partial charge >= 0.3 is 0 Å². The van der Waals surface area contributed by atoms with Crippen molar-refractivity contribution in [1.29, 1.82) is 0 Å². The van der Waals surface area contributed by atoms with Gasteiger partial charge in [0.05, 0.1) is 18.2 Å². The molecule has 1 aliphatic heterocycles. The largest absolute Gasteiger partial charge is 0.383 e. The van der Waals surface area contributed by atoms with Crippen LogP contribution in [0.15, 0.2) is 12.4 Å². The average Bonchev–Trinajstić information content (AvgIpc) is 2.76. The van der Waals surface area contributed by atoms with Gasteiger partial charge in [0.1, 0.15) is 0 Å². The number of ether oxygens (including phenoxy) is 2. The van der Waals surface area contributed by atoms with Crippen molar-refractivity contribution in [2.24, 2.45) is 0 Å². The monoisotopic (exact) mass is 267 g/mol. The highest BCUT2D eigenvalue weighted by atomic mass is 16.5. The third-order valence-electron chi connectivity index (χ3n) is 3.58. The molecule has 2 heterocycles. The smallest absolute Gasteiger partial charge is 0.203 e. The molecule has 0 bridgehead atoms. The molecule has 0 aliphatic carbocycles. The maximum atomic E-state index is 5.74. The van der Waals surface area contributed by atoms with Crippen LogP contribution in [0.4, 0.5) is 5.95 Å². The van der Waals surface area contributed by atoms with Gasteiger partial charge in [-0.3, -0.25) is 0 Å². The molecule has 2 rings (SSSR count). The third-order valence-corrected chi connectivity index (χ3v) is 3.58. The second-order valence-corrected chi connectivity index (χ2v) is 5.90. The molecule has 2 unspecified atom stereocenters. The van der Waals surface area contributed by atoms with Crippen molar-refractivity contribution in [3.8, 4) is 0 Å². The Morgan fingerprint density at radius 1 is 1.63 bits per heavy atom. The lowest BCUT2D eigenvalue weighted by molar-refractivity contribution is -0.0554. The van der Waals surface area contributed by atoms with Crippen LogP contribution in [0.1, 0.15) is 39.7 Å². The van der Waals surface area contributed by atoms with Gasteiger partial charge in [-0.1, -0.05) is 0 Å². The summed E-state index contributed by atoms with van der Waals surface area (Å²) in [5.74, 6) is 0.923. The van der Waals surface area contributed by atoms with Crippen LogP contribution in [0.25, 0.3) is 0 Å². The second-order valence-electron chi connectivity index (χ2n) is 5.90. The summed E-state index contributed by atoms with van der Waals surface area (Å²) in [6, 6.07) is 0.697. The molecule has 1 saturated heterocycles. The van der Waals surface area contributed by atoms with Gasteiger partial charge in [-0.25, -0.2) is 4.98 Å². The predicted molar refractivity (Wildman–Crippen MR) is 75.5 cm³/mol. The molecule has 2 atom stereocenters. The topological polar surface area (TPSA) is 48.3 Å². The van der Waals surface area contributed by atoms with E-state index in [0.717, 1.165) is 25.4 Å². The Morgan fingerprint density at radius 2 is 2.42 bits per heavy atom. The Balaban J connectivity index is 2.01. The van der Waals surface area contributed by atoms with E-state index >= 15 is 0 Å². The molecule has 5 heteroatoms. The summed E-state index contributed by atoms with van der Waals surface area (Å²) in [5.41, 5.74) is -0.0501. The molecule has 1 aromatic rings. The van der Waals surface area contributed by atoms with Gasteiger partial charge in [-0.2, -0.15) is 0 Å². The lowest BCUT2D eigenvalue weighted by Gasteiger charge is -2.36. The van der Waals surface area contributed by atoms with E-state index in [9.17, 15) is 0 Å². The van der Waals surface area contributed by atoms with Crippen molar-refractivity contribution in [1.82, 2.24) is 9.55 Å². The predicted octanol–water partition coefficient (Wildman–Crippen LogP) is 2.46. The summed E-state index contributed by atoms with van der Waals surface area (Å²) in [6.45, 7) is 7.90. The first-order valence-corrected chi connectivity index (χ1v) is 6.94. The molecule has 1 aromatic heterocycles. The second kappa shape index (κ2) is 5.92. The molecule has 0 saturated carbocycles. The standard InChI is InChI=1S/C14H25N3O2/c1-11(10-18-4)17-7-6-15-13(17)16-12-5-8-19-14(2,3)9-12/h6-7,11-12H,5,8-10H2,1-4H3,(H,15,16). The fourth-order valence-electron chi connectivity index (χ4n) is 2.64. The highest BCUT2D eigenvalue weighted by Gasteiger charge is 2.29. The summed E-state index contributed by atoms with van der Waals surface area (Å²) in [4.78, 5) is 4.42. The number of rotatable bonds is 5. The molecule has 1 N–H and O–H groups in total. The van der Waals surface area contributed by atoms with Gasteiger partial charge in [-0.05, 0) is 33.6 Å². The number of anilines is 1. The van der Waals surface area contributed by atoms with Crippen LogP contribution >= 0.6 is 0 Å². The molecule has 108 valence electrons. The van der Waals surface area contributed by atoms with Gasteiger partial charge in [0.25, 0.3) is 0 Å². The van der Waals surface area contributed by atoms with E-state index < -0.39 is 0 Å². The van der Waals surface area contributed by atoms with Crippen LogP contribution in [0, 0.1) is 0 Å². The van der Waals surface area contributed by atoms with Crippen LogP contribution in [-0.4, -0.2) is 41.5 Å². The number of aromatic nitrogens is 2. The van der Waals surface area contributed by atoms with E-state index in [4.69, 9.17) is 9.47 Å². The van der Waals surface area contributed by atoms with Crippen molar-refractivity contribution in [3.05, 3.63) is 12.4 Å². The molecular weight excluding hydrogens is 242 g/mol. The Bertz CT molecular complexity index is 403. The van der Waals surface area contributed by atoms with Gasteiger partial charge in [0.15, 0.2) is 0 Å². The first kappa shape index (κ1) is 14.3. The zero-order chi connectivity index (χ0) is 13.9. The number of nitrogens with one attached hydrogen (secondary N) is 1. The van der Waals surface area contributed by atoms with Crippen molar-refractivity contribution in [2.45, 2.75) is 51.3 Å². The number of imidazole rings is 1. The molecular formula is C14H25N3O2. The molecule has 19 heavy (non-hydrogen) atoms. The highest BCUT2D eigenvalue weighted by molar-refractivity contribution is 5.28. The molecule has 1 fully saturated rings. The third kappa shape index (κ3) is 3.70. The number of hydrogen-bond acceptors (Lipinski definition) is 4. The summed E-state index contributed by atoms with van der Waals surface area (Å²) in [5, 5.41) is 3.54. The number of hydrogen-bond donors (Lipinski definition) is 1. The zero-order valence-electron chi connectivity index (χ0n) is 12.3. The van der Waals surface area contributed by atoms with E-state index in [1.165, 1.54) is 0 Å². The van der Waals surface area contributed by atoms with Crippen molar-refractivity contribution >= 4 is 5.95 Å². The fourth-order valence-corrected chi connectivity index (χ4v) is 2.64. The van der Waals surface area contributed by atoms with E-state index in [1.54, 1.807) is 7.11 Å². The Kier molecular flexibility index (Phi) is 4.47. The van der Waals surface area contributed by atoms with E-state index in [1.807, 2.05) is 12.4 Å². The quantitative estimate of drug-likeness (QED) is 0.890. The molecule has 5 nitrogen and oxygen atoms in total. The van der Waals surface area contributed by atoms with Crippen LogP contribution in [0.5, 0.6) is 0 Å². The minimum atomic E-state index is -0.0501. The highest BCUT2D eigenvalue weighted by Crippen LogP contribution is 2.26. The summed E-state index contributed by atoms with van der Waals surface area (Å²) in [6.07, 6.45) is 5.85. The summed E-state index contributed by atoms with van der Waals surface area (Å²) >= 11 is 0. The first-order valence-electron chi connectivity index (χ1n) is 6.94. The molecule has 0 amide bonds. The first-order chi connectivity index (χ1) is 9.02. The normalized spacial score (nSPS) is 24.1. The van der Waals surface area contributed by atoms with E-state index in [0.29, 0.717) is 12.6 Å². The number of nitrogens with zero attached hydrogens (tertiary/aromatic N) is 2. The van der Waals surface area contributed by atoms with Gasteiger partial charge in [0.2, 0.25) is 5.95 Å². The van der Waals surface area contributed by atoms with Gasteiger partial charge in [-0.15, -0.1) is 0 Å². The Hall–Kier alpha value is -1.07. The lowest BCUT2D eigenvalue weighted by Crippen LogP contribution is -2.40. The van der Waals surface area contributed by atoms with Crippen LogP contribution in [-0.2, 0) is 9.47 Å². The van der Waals surface area contributed by atoms with Gasteiger partial charge < -0.3 is 19.4 Å². The minimum Gasteiger partial charge on any atom is -0.383 e. The summed E-state index contributed by atoms with van der Waals surface area (Å²) < 4.78 is 13.1. The molecule has 0 aromatic carbocycles. The summed E-state index contributed by atoms with van der Waals surface area (Å²) in [7, 11) is 1.72. The van der Waals surface area contributed by atoms with Gasteiger partial charge in [0, 0.05) is 32.2 Å². The lowest BCUT2D eigenvalue weighted by atomic mass is 9.94. The Labute approximate surface area is 115 Å². The van der Waals surface area contributed by atoms with E-state index in [-0.39, 0.29) is 11.6 Å². The van der Waals surface area contributed by atoms with Crippen molar-refractivity contribution in [2.75, 3.05) is 25.6 Å². The molecule has 0 spiro atoms. The fraction of sp³-hybridized carbons (Fsp3) is 0.786. The minimum absolute atomic E-state index is 0.0501. The van der Waals surface area contributed by atoms with E-state index in [2.05, 4.69) is 35.6 Å². The number of methoxy groups -OCH3 is 1. The maximum absolute atomic E-state index is 5.74. The van der Waals surface area contributed by atoms with Crippen molar-refractivity contribution < 1.29 is 9.47 Å². The SMILES string of the molecule is COCC(C)n1ccnc1NC1CCOC(C)(C)C1. The van der Waals surface area contributed by atoms with Crippen LogP contribution < -0.4 is 5.32 Å². The molecule has 0 radical (unpaired) electrons. The average molecular weight is 267 g/mol. The van der Waals surface area contributed by atoms with Crippen LogP contribution in [0.2, 0.25) is 0 Å². The zero-order valence-corrected chi connectivity index (χ0v) is 12.3. The Morgan fingerprint density at radius 3 is 3.11 bits per heavy atom.